The Labute approximate surface area is 177 Å². The van der Waals surface area contributed by atoms with E-state index in [1.165, 1.54) is 12.1 Å². The Bertz CT molecular complexity index is 1070. The molecule has 1 saturated heterocycles. The van der Waals surface area contributed by atoms with E-state index in [9.17, 15) is 22.8 Å². The maximum Gasteiger partial charge on any atom is 0.417 e. The summed E-state index contributed by atoms with van der Waals surface area (Å²) in [6.07, 6.45) is -3.10. The number of hydrogen-bond donors (Lipinski definition) is 2. The summed E-state index contributed by atoms with van der Waals surface area (Å²) in [6, 6.07) is 9.62. The summed E-state index contributed by atoms with van der Waals surface area (Å²) < 4.78 is 44.0. The topological polar surface area (TPSA) is 88.0 Å². The molecule has 1 heterocycles. The molecule has 0 aliphatic carbocycles. The summed E-state index contributed by atoms with van der Waals surface area (Å²) in [5.41, 5.74) is -0.461. The van der Waals surface area contributed by atoms with Gasteiger partial charge in [0.15, 0.2) is 11.8 Å². The highest BCUT2D eigenvalue weighted by molar-refractivity contribution is 8.18. The van der Waals surface area contributed by atoms with Crippen LogP contribution in [0.5, 0.6) is 5.75 Å². The van der Waals surface area contributed by atoms with Gasteiger partial charge in [-0.1, -0.05) is 23.7 Å². The molecule has 2 aromatic carbocycles. The van der Waals surface area contributed by atoms with Crippen molar-refractivity contribution in [2.45, 2.75) is 6.18 Å². The molecule has 1 aliphatic heterocycles. The van der Waals surface area contributed by atoms with Gasteiger partial charge >= 0.3 is 12.1 Å². The van der Waals surface area contributed by atoms with Crippen LogP contribution in [0.3, 0.4) is 0 Å². The van der Waals surface area contributed by atoms with E-state index in [1.54, 1.807) is 24.3 Å². The number of thioether (sulfide) groups is 1. The number of nitrogens with zero attached hydrogens (tertiary/aromatic N) is 1. The van der Waals surface area contributed by atoms with Crippen LogP contribution >= 0.6 is 23.4 Å². The lowest BCUT2D eigenvalue weighted by atomic mass is 10.2. The molecule has 11 heteroatoms. The van der Waals surface area contributed by atoms with E-state index >= 15 is 0 Å². The summed E-state index contributed by atoms with van der Waals surface area (Å²) in [5.74, 6) is -1.29. The van der Waals surface area contributed by atoms with Gasteiger partial charge in [-0.25, -0.2) is 9.79 Å². The average Bonchev–Trinajstić information content (AvgIpc) is 3.00. The van der Waals surface area contributed by atoms with Crippen molar-refractivity contribution in [2.75, 3.05) is 6.61 Å². The van der Waals surface area contributed by atoms with Gasteiger partial charge in [-0.2, -0.15) is 13.2 Å². The van der Waals surface area contributed by atoms with E-state index in [0.717, 1.165) is 23.9 Å². The molecule has 6 nitrogen and oxygen atoms in total. The van der Waals surface area contributed by atoms with Crippen molar-refractivity contribution in [3.8, 4) is 5.75 Å². The van der Waals surface area contributed by atoms with Gasteiger partial charge in [0.2, 0.25) is 0 Å². The lowest BCUT2D eigenvalue weighted by molar-refractivity contribution is -0.139. The minimum Gasteiger partial charge on any atom is -0.482 e. The molecule has 156 valence electrons. The number of carboxylic acids is 1. The number of nitrogens with one attached hydrogen (secondary N) is 1. The van der Waals surface area contributed by atoms with Crippen LogP contribution in [0.2, 0.25) is 5.02 Å². The highest BCUT2D eigenvalue weighted by Crippen LogP contribution is 2.37. The van der Waals surface area contributed by atoms with Crippen LogP contribution in [-0.4, -0.2) is 28.8 Å². The smallest absolute Gasteiger partial charge is 0.417 e. The predicted octanol–water partition coefficient (Wildman–Crippen LogP) is 4.71. The fraction of sp³-hybridized carbons (Fsp3) is 0.105. The van der Waals surface area contributed by atoms with Gasteiger partial charge in [-0.3, -0.25) is 4.79 Å². The van der Waals surface area contributed by atoms with Gasteiger partial charge in [0.25, 0.3) is 5.91 Å². The Morgan fingerprint density at radius 3 is 2.73 bits per heavy atom. The zero-order chi connectivity index (χ0) is 21.9. The number of carbonyl (C=O) groups is 2. The Hall–Kier alpha value is -2.98. The largest absolute Gasteiger partial charge is 0.482 e. The zero-order valence-corrected chi connectivity index (χ0v) is 16.4. The van der Waals surface area contributed by atoms with Gasteiger partial charge in [-0.15, -0.1) is 0 Å². The molecule has 1 amide bonds. The van der Waals surface area contributed by atoms with Crippen LogP contribution in [0, 0.1) is 0 Å². The Morgan fingerprint density at radius 2 is 2.03 bits per heavy atom. The lowest BCUT2D eigenvalue weighted by Crippen LogP contribution is -2.19. The predicted molar refractivity (Wildman–Crippen MR) is 107 cm³/mol. The fourth-order valence-electron chi connectivity index (χ4n) is 2.39. The third-order valence-electron chi connectivity index (χ3n) is 3.66. The first kappa shape index (κ1) is 21.7. The van der Waals surface area contributed by atoms with Crippen molar-refractivity contribution in [2.24, 2.45) is 4.99 Å². The van der Waals surface area contributed by atoms with Crippen molar-refractivity contribution < 1.29 is 32.6 Å². The minimum atomic E-state index is -4.63. The monoisotopic (exact) mass is 456 g/mol. The van der Waals surface area contributed by atoms with E-state index in [1.807, 2.05) is 0 Å². The van der Waals surface area contributed by atoms with Crippen LogP contribution in [0.15, 0.2) is 52.4 Å². The standard InChI is InChI=1S/C19H12ClF3N2O4S/c20-14-5-4-11(8-13(14)19(21,22)23)24-18-25-17(28)15(30-18)7-10-2-1-3-12(6-10)29-9-16(26)27/h1-8H,9H2,(H,26,27)(H,24,25,28)/b15-7+. The average molecular weight is 457 g/mol. The van der Waals surface area contributed by atoms with Gasteiger partial charge in [-0.05, 0) is 53.7 Å². The molecule has 3 rings (SSSR count). The molecule has 1 aliphatic rings. The van der Waals surface area contributed by atoms with Crippen LogP contribution in [0.1, 0.15) is 11.1 Å². The van der Waals surface area contributed by atoms with Gasteiger partial charge in [0.1, 0.15) is 5.75 Å². The maximum atomic E-state index is 13.0. The number of hydrogen-bond acceptors (Lipinski definition) is 5. The summed E-state index contributed by atoms with van der Waals surface area (Å²) in [4.78, 5) is 27.1. The first-order chi connectivity index (χ1) is 14.1. The number of carbonyl (C=O) groups excluding carboxylic acids is 1. The van der Waals surface area contributed by atoms with Crippen LogP contribution in [-0.2, 0) is 15.8 Å². The third-order valence-corrected chi connectivity index (χ3v) is 4.89. The summed E-state index contributed by atoms with van der Waals surface area (Å²) in [5, 5.41) is 10.8. The van der Waals surface area contributed by atoms with Gasteiger partial charge in [0.05, 0.1) is 21.2 Å². The van der Waals surface area contributed by atoms with Gasteiger partial charge < -0.3 is 15.2 Å². The summed E-state index contributed by atoms with van der Waals surface area (Å²) in [7, 11) is 0. The molecule has 1 fully saturated rings. The van der Waals surface area contributed by atoms with Crippen molar-refractivity contribution >= 4 is 52.2 Å². The number of benzene rings is 2. The molecule has 0 radical (unpaired) electrons. The molecule has 30 heavy (non-hydrogen) atoms. The number of alkyl halides is 3. The number of aliphatic imine (C=N–C) groups is 1. The van der Waals surface area contributed by atoms with Crippen molar-refractivity contribution in [1.82, 2.24) is 5.32 Å². The number of ether oxygens (including phenoxy) is 1. The summed E-state index contributed by atoms with van der Waals surface area (Å²) in [6.45, 7) is -0.507. The van der Waals surface area contributed by atoms with E-state index in [-0.39, 0.29) is 15.8 Å². The highest BCUT2D eigenvalue weighted by Gasteiger charge is 2.33. The van der Waals surface area contributed by atoms with E-state index in [2.05, 4.69) is 10.3 Å². The molecule has 2 aromatic rings. The maximum absolute atomic E-state index is 13.0. The van der Waals surface area contributed by atoms with Crippen molar-refractivity contribution in [3.05, 3.63) is 63.5 Å². The quantitative estimate of drug-likeness (QED) is 0.636. The second-order valence-electron chi connectivity index (χ2n) is 5.90. The number of halogens is 4. The number of amidine groups is 1. The number of carboxylic acid groups (broad SMARTS) is 1. The first-order valence-corrected chi connectivity index (χ1v) is 9.42. The highest BCUT2D eigenvalue weighted by atomic mass is 35.5. The Morgan fingerprint density at radius 1 is 1.27 bits per heavy atom. The van der Waals surface area contributed by atoms with Gasteiger partial charge in [0, 0.05) is 0 Å². The Balaban J connectivity index is 1.80. The second-order valence-corrected chi connectivity index (χ2v) is 7.34. The molecule has 0 saturated carbocycles. The number of amides is 1. The molecule has 0 spiro atoms. The van der Waals surface area contributed by atoms with E-state index < -0.39 is 35.2 Å². The van der Waals surface area contributed by atoms with Crippen LogP contribution < -0.4 is 10.1 Å². The second kappa shape index (κ2) is 8.80. The van der Waals surface area contributed by atoms with Crippen LogP contribution in [0.4, 0.5) is 18.9 Å². The number of rotatable bonds is 5. The molecule has 0 aromatic heterocycles. The van der Waals surface area contributed by atoms with Crippen LogP contribution in [0.25, 0.3) is 6.08 Å². The van der Waals surface area contributed by atoms with E-state index in [0.29, 0.717) is 11.3 Å². The molecule has 2 N–H and O–H groups in total. The molecular formula is C19H12ClF3N2O4S. The fourth-order valence-corrected chi connectivity index (χ4v) is 3.45. The Kier molecular flexibility index (Phi) is 6.37. The zero-order valence-electron chi connectivity index (χ0n) is 14.9. The first-order valence-electron chi connectivity index (χ1n) is 8.23. The third kappa shape index (κ3) is 5.55. The minimum absolute atomic E-state index is 0.0140. The van der Waals surface area contributed by atoms with E-state index in [4.69, 9.17) is 21.4 Å². The SMILES string of the molecule is O=C(O)COc1cccc(/C=C2/SC(=Nc3ccc(Cl)c(C(F)(F)F)c3)NC2=O)c1. The molecule has 0 unspecified atom stereocenters. The normalized spacial score (nSPS) is 16.7. The number of aliphatic carboxylic acids is 1. The van der Waals surface area contributed by atoms with Crippen molar-refractivity contribution in [3.63, 3.8) is 0 Å². The molecule has 0 atom stereocenters. The molecular weight excluding hydrogens is 445 g/mol. The summed E-state index contributed by atoms with van der Waals surface area (Å²) >= 11 is 6.54. The van der Waals surface area contributed by atoms with Crippen molar-refractivity contribution in [1.29, 1.82) is 0 Å². The molecule has 0 bridgehead atoms. The lowest BCUT2D eigenvalue weighted by Gasteiger charge is -2.09.